The van der Waals surface area contributed by atoms with Crippen LogP contribution in [0, 0.1) is 18.7 Å². The molecule has 1 aliphatic heterocycles. The second-order valence-electron chi connectivity index (χ2n) is 7.07. The van der Waals surface area contributed by atoms with Crippen LogP contribution in [-0.4, -0.2) is 33.2 Å². The monoisotopic (exact) mass is 327 g/mol. The third-order valence-electron chi connectivity index (χ3n) is 5.20. The zero-order chi connectivity index (χ0) is 16.7. The van der Waals surface area contributed by atoms with Crippen molar-refractivity contribution in [1.29, 1.82) is 0 Å². The first kappa shape index (κ1) is 15.4. The van der Waals surface area contributed by atoms with Crippen molar-refractivity contribution in [2.45, 2.75) is 44.7 Å². The van der Waals surface area contributed by atoms with Gasteiger partial charge in [0.25, 0.3) is 0 Å². The number of nitrogens with zero attached hydrogens (tertiary/aromatic N) is 3. The minimum absolute atomic E-state index is 0.0201. The van der Waals surface area contributed by atoms with Crippen LogP contribution in [0.15, 0.2) is 36.7 Å². The van der Waals surface area contributed by atoms with Crippen LogP contribution >= 0.6 is 0 Å². The summed E-state index contributed by atoms with van der Waals surface area (Å²) in [4.78, 5) is 14.9. The van der Waals surface area contributed by atoms with Crippen molar-refractivity contribution in [3.63, 3.8) is 0 Å². The second-order valence-corrected chi connectivity index (χ2v) is 7.07. The van der Waals surface area contributed by atoms with E-state index in [2.05, 4.69) is 5.10 Å². The van der Waals surface area contributed by atoms with Gasteiger partial charge in [0, 0.05) is 18.7 Å². The van der Waals surface area contributed by atoms with E-state index in [4.69, 9.17) is 0 Å². The number of carbonyl (C=O) groups excluding carboxylic acids is 1. The van der Waals surface area contributed by atoms with E-state index in [0.29, 0.717) is 0 Å². The van der Waals surface area contributed by atoms with Crippen LogP contribution in [-0.2, 0) is 11.3 Å². The number of aromatic nitrogens is 2. The van der Waals surface area contributed by atoms with Gasteiger partial charge in [-0.25, -0.2) is 4.39 Å². The summed E-state index contributed by atoms with van der Waals surface area (Å²) in [5, 5.41) is 4.34. The number of amides is 1. The topological polar surface area (TPSA) is 38.1 Å². The molecule has 1 saturated heterocycles. The predicted molar refractivity (Wildman–Crippen MR) is 88.9 cm³/mol. The fourth-order valence-electron chi connectivity index (χ4n) is 3.88. The lowest BCUT2D eigenvalue weighted by Gasteiger charge is -2.25. The van der Waals surface area contributed by atoms with Gasteiger partial charge in [0.1, 0.15) is 5.82 Å². The summed E-state index contributed by atoms with van der Waals surface area (Å²) in [6, 6.07) is 6.89. The van der Waals surface area contributed by atoms with Crippen molar-refractivity contribution in [3.8, 4) is 0 Å². The largest absolute Gasteiger partial charge is 0.338 e. The van der Waals surface area contributed by atoms with Crippen LogP contribution in [0.1, 0.15) is 36.3 Å². The van der Waals surface area contributed by atoms with Gasteiger partial charge in [-0.05, 0) is 55.4 Å². The second kappa shape index (κ2) is 6.04. The Morgan fingerprint density at radius 3 is 3.04 bits per heavy atom. The average Bonchev–Trinajstić information content (AvgIpc) is 3.06. The van der Waals surface area contributed by atoms with E-state index in [9.17, 15) is 9.18 Å². The molecule has 1 aromatic carbocycles. The van der Waals surface area contributed by atoms with Crippen molar-refractivity contribution in [3.05, 3.63) is 53.6 Å². The summed E-state index contributed by atoms with van der Waals surface area (Å²) in [5.74, 6) is 0.211. The van der Waals surface area contributed by atoms with Gasteiger partial charge in [-0.2, -0.15) is 5.10 Å². The van der Waals surface area contributed by atoms with Crippen LogP contribution in [0.5, 0.6) is 0 Å². The normalized spacial score (nSPS) is 25.9. The van der Waals surface area contributed by atoms with Crippen LogP contribution in [0.4, 0.5) is 4.39 Å². The van der Waals surface area contributed by atoms with Gasteiger partial charge in [-0.1, -0.05) is 12.1 Å². The van der Waals surface area contributed by atoms with Gasteiger partial charge in [0.2, 0.25) is 5.91 Å². The molecule has 2 fully saturated rings. The Balaban J connectivity index is 1.42. The van der Waals surface area contributed by atoms with Crippen LogP contribution in [0.3, 0.4) is 0 Å². The standard InChI is InChI=1S/C19H22FN3O/c1-13-10-21-22(11-13)12-16-6-3-7-23(16)19(24)18-9-17(18)14-4-2-5-15(20)8-14/h2,4-5,8,10-11,16-18H,3,6-7,9,12H2,1H3/t16-,17-,18-/m0/s1. The highest BCUT2D eigenvalue weighted by Gasteiger charge is 2.47. The lowest BCUT2D eigenvalue weighted by atomic mass is 10.1. The molecule has 5 heteroatoms. The van der Waals surface area contributed by atoms with Gasteiger partial charge >= 0.3 is 0 Å². The number of benzene rings is 1. The number of carbonyl (C=O) groups is 1. The first-order chi connectivity index (χ1) is 11.6. The van der Waals surface area contributed by atoms with E-state index in [1.165, 1.54) is 6.07 Å². The molecule has 0 radical (unpaired) electrons. The molecule has 0 unspecified atom stereocenters. The Labute approximate surface area is 141 Å². The molecule has 2 aromatic rings. The lowest BCUT2D eigenvalue weighted by molar-refractivity contribution is -0.133. The van der Waals surface area contributed by atoms with Gasteiger partial charge in [0.15, 0.2) is 0 Å². The zero-order valence-corrected chi connectivity index (χ0v) is 13.9. The van der Waals surface area contributed by atoms with Crippen LogP contribution < -0.4 is 0 Å². The highest BCUT2D eigenvalue weighted by molar-refractivity contribution is 5.83. The molecule has 1 aromatic heterocycles. The fourth-order valence-corrected chi connectivity index (χ4v) is 3.88. The quantitative estimate of drug-likeness (QED) is 0.865. The number of hydrogen-bond donors (Lipinski definition) is 0. The molecule has 0 bridgehead atoms. The van der Waals surface area contributed by atoms with E-state index in [0.717, 1.165) is 43.5 Å². The van der Waals surface area contributed by atoms with Gasteiger partial charge in [0.05, 0.1) is 18.8 Å². The minimum Gasteiger partial charge on any atom is -0.338 e. The summed E-state index contributed by atoms with van der Waals surface area (Å²) in [5.41, 5.74) is 2.09. The van der Waals surface area contributed by atoms with Crippen LogP contribution in [0.25, 0.3) is 0 Å². The van der Waals surface area contributed by atoms with Gasteiger partial charge < -0.3 is 4.90 Å². The molecule has 126 valence electrons. The number of aryl methyl sites for hydroxylation is 1. The minimum atomic E-state index is -0.223. The highest BCUT2D eigenvalue weighted by atomic mass is 19.1. The van der Waals surface area contributed by atoms with Crippen molar-refractivity contribution in [2.75, 3.05) is 6.54 Å². The van der Waals surface area contributed by atoms with E-state index < -0.39 is 0 Å². The maximum Gasteiger partial charge on any atom is 0.226 e. The summed E-state index contributed by atoms with van der Waals surface area (Å²) >= 11 is 0. The van der Waals surface area contributed by atoms with Gasteiger partial charge in [-0.3, -0.25) is 9.48 Å². The molecule has 2 aliphatic rings. The van der Waals surface area contributed by atoms with Crippen molar-refractivity contribution in [1.82, 2.24) is 14.7 Å². The SMILES string of the molecule is Cc1cnn(C[C@@H]2CCCN2C(=O)[C@H]2C[C@H]2c2cccc(F)c2)c1. The first-order valence-corrected chi connectivity index (χ1v) is 8.67. The molecular weight excluding hydrogens is 305 g/mol. The smallest absolute Gasteiger partial charge is 0.226 e. The molecule has 4 rings (SSSR count). The molecule has 2 heterocycles. The third kappa shape index (κ3) is 2.95. The van der Waals surface area contributed by atoms with E-state index >= 15 is 0 Å². The molecule has 0 spiro atoms. The fraction of sp³-hybridized carbons (Fsp3) is 0.474. The van der Waals surface area contributed by atoms with E-state index in [1.54, 1.807) is 12.1 Å². The Morgan fingerprint density at radius 1 is 1.42 bits per heavy atom. The van der Waals surface area contributed by atoms with Crippen molar-refractivity contribution >= 4 is 5.91 Å². The van der Waals surface area contributed by atoms with Crippen molar-refractivity contribution < 1.29 is 9.18 Å². The Kier molecular flexibility index (Phi) is 3.87. The highest BCUT2D eigenvalue weighted by Crippen LogP contribution is 2.49. The molecule has 0 N–H and O–H groups in total. The number of likely N-dealkylation sites (tertiary alicyclic amines) is 1. The summed E-state index contributed by atoms with van der Waals surface area (Å²) in [7, 11) is 0. The number of halogens is 1. The van der Waals surface area contributed by atoms with Crippen LogP contribution in [0.2, 0.25) is 0 Å². The molecule has 1 saturated carbocycles. The number of hydrogen-bond acceptors (Lipinski definition) is 2. The molecule has 4 nitrogen and oxygen atoms in total. The summed E-state index contributed by atoms with van der Waals surface area (Å²) in [6.45, 7) is 3.61. The molecule has 3 atom stereocenters. The Morgan fingerprint density at radius 2 is 2.29 bits per heavy atom. The predicted octanol–water partition coefficient (Wildman–Crippen LogP) is 3.13. The Bertz CT molecular complexity index is 757. The van der Waals surface area contributed by atoms with E-state index in [-0.39, 0.29) is 29.6 Å². The first-order valence-electron chi connectivity index (χ1n) is 8.67. The van der Waals surface area contributed by atoms with Crippen molar-refractivity contribution in [2.24, 2.45) is 5.92 Å². The molecule has 1 amide bonds. The van der Waals surface area contributed by atoms with E-state index in [1.807, 2.05) is 35.0 Å². The Hall–Kier alpha value is -2.17. The summed E-state index contributed by atoms with van der Waals surface area (Å²) in [6.07, 6.45) is 6.79. The third-order valence-corrected chi connectivity index (χ3v) is 5.20. The molecular formula is C19H22FN3O. The van der Waals surface area contributed by atoms with Gasteiger partial charge in [-0.15, -0.1) is 0 Å². The average molecular weight is 327 g/mol. The maximum atomic E-state index is 13.4. The summed E-state index contributed by atoms with van der Waals surface area (Å²) < 4.78 is 15.3. The lowest BCUT2D eigenvalue weighted by Crippen LogP contribution is -2.39. The maximum absolute atomic E-state index is 13.4. The number of rotatable bonds is 4. The zero-order valence-electron chi connectivity index (χ0n) is 13.9. The molecule has 1 aliphatic carbocycles. The molecule has 24 heavy (non-hydrogen) atoms.